The van der Waals surface area contributed by atoms with Crippen LogP contribution in [0.25, 0.3) is 0 Å². The van der Waals surface area contributed by atoms with Crippen LogP contribution in [0.3, 0.4) is 0 Å². The van der Waals surface area contributed by atoms with Gasteiger partial charge >= 0.3 is 0 Å². The average Bonchev–Trinajstić information content (AvgIpc) is 2.18. The summed E-state index contributed by atoms with van der Waals surface area (Å²) < 4.78 is 0. The standard InChI is InChI=1S/C13H15NO/c1-12(15,11-6-3-2-4-7-11)13(10-14)8-5-9-13/h2-4,6-7,15H,5,8-9H2,1H3. The summed E-state index contributed by atoms with van der Waals surface area (Å²) in [5.74, 6) is 0. The number of hydrogen-bond acceptors (Lipinski definition) is 2. The second-order valence-corrected chi connectivity index (χ2v) is 4.49. The molecule has 0 amide bonds. The molecule has 0 aliphatic heterocycles. The smallest absolute Gasteiger partial charge is 0.105 e. The zero-order valence-electron chi connectivity index (χ0n) is 8.90. The van der Waals surface area contributed by atoms with Crippen molar-refractivity contribution in [2.75, 3.05) is 0 Å². The summed E-state index contributed by atoms with van der Waals surface area (Å²) in [4.78, 5) is 0. The van der Waals surface area contributed by atoms with Crippen molar-refractivity contribution in [1.82, 2.24) is 0 Å². The zero-order chi connectivity index (χ0) is 10.9. The van der Waals surface area contributed by atoms with E-state index in [2.05, 4.69) is 6.07 Å². The topological polar surface area (TPSA) is 44.0 Å². The van der Waals surface area contributed by atoms with Crippen LogP contribution in [0.15, 0.2) is 30.3 Å². The number of nitriles is 1. The lowest BCUT2D eigenvalue weighted by atomic mass is 9.58. The summed E-state index contributed by atoms with van der Waals surface area (Å²) in [5.41, 5.74) is -0.762. The van der Waals surface area contributed by atoms with Crippen LogP contribution in [-0.2, 0) is 5.60 Å². The van der Waals surface area contributed by atoms with Crippen LogP contribution >= 0.6 is 0 Å². The summed E-state index contributed by atoms with van der Waals surface area (Å²) in [7, 11) is 0. The van der Waals surface area contributed by atoms with E-state index in [0.717, 1.165) is 24.8 Å². The molecule has 2 nitrogen and oxygen atoms in total. The van der Waals surface area contributed by atoms with Crippen molar-refractivity contribution in [3.05, 3.63) is 35.9 Å². The molecule has 0 bridgehead atoms. The van der Waals surface area contributed by atoms with E-state index in [1.165, 1.54) is 0 Å². The molecule has 2 rings (SSSR count). The maximum absolute atomic E-state index is 10.5. The number of nitrogens with zero attached hydrogens (tertiary/aromatic N) is 1. The molecule has 0 saturated heterocycles. The van der Waals surface area contributed by atoms with Crippen LogP contribution in [-0.4, -0.2) is 5.11 Å². The molecule has 1 aromatic rings. The minimum absolute atomic E-state index is 0.575. The first kappa shape index (κ1) is 10.2. The van der Waals surface area contributed by atoms with Gasteiger partial charge in [-0.1, -0.05) is 36.8 Å². The maximum atomic E-state index is 10.5. The van der Waals surface area contributed by atoms with Crippen molar-refractivity contribution < 1.29 is 5.11 Å². The molecule has 0 aromatic heterocycles. The Morgan fingerprint density at radius 3 is 2.33 bits per heavy atom. The Hall–Kier alpha value is -1.33. The van der Waals surface area contributed by atoms with Gasteiger partial charge in [0.1, 0.15) is 5.60 Å². The van der Waals surface area contributed by atoms with Crippen LogP contribution in [0.2, 0.25) is 0 Å². The average molecular weight is 201 g/mol. The van der Waals surface area contributed by atoms with E-state index in [1.807, 2.05) is 30.3 Å². The molecule has 2 heteroatoms. The summed E-state index contributed by atoms with van der Waals surface area (Å²) in [6, 6.07) is 11.8. The van der Waals surface area contributed by atoms with Gasteiger partial charge < -0.3 is 5.11 Å². The maximum Gasteiger partial charge on any atom is 0.105 e. The molecule has 0 radical (unpaired) electrons. The molecule has 0 heterocycles. The van der Waals surface area contributed by atoms with Crippen LogP contribution < -0.4 is 0 Å². The molecule has 0 spiro atoms. The number of rotatable bonds is 2. The van der Waals surface area contributed by atoms with Crippen molar-refractivity contribution in [1.29, 1.82) is 5.26 Å². The number of hydrogen-bond donors (Lipinski definition) is 1. The van der Waals surface area contributed by atoms with Gasteiger partial charge in [0.05, 0.1) is 11.5 Å². The number of benzene rings is 1. The highest BCUT2D eigenvalue weighted by molar-refractivity contribution is 5.29. The summed E-state index contributed by atoms with van der Waals surface area (Å²) in [6.45, 7) is 1.75. The van der Waals surface area contributed by atoms with E-state index in [4.69, 9.17) is 0 Å². The molecular formula is C13H15NO. The third kappa shape index (κ3) is 1.35. The van der Waals surface area contributed by atoms with Crippen molar-refractivity contribution in [2.45, 2.75) is 31.8 Å². The first-order valence-electron chi connectivity index (χ1n) is 5.32. The Balaban J connectivity index is 2.39. The third-order valence-corrected chi connectivity index (χ3v) is 3.69. The van der Waals surface area contributed by atoms with Crippen LogP contribution in [0, 0.1) is 16.7 Å². The van der Waals surface area contributed by atoms with E-state index in [0.29, 0.717) is 0 Å². The predicted octanol–water partition coefficient (Wildman–Crippen LogP) is 2.59. The minimum Gasteiger partial charge on any atom is -0.384 e. The lowest BCUT2D eigenvalue weighted by Gasteiger charge is -2.46. The summed E-state index contributed by atoms with van der Waals surface area (Å²) in [6.07, 6.45) is 2.63. The SMILES string of the molecule is CC(O)(c1ccccc1)C1(C#N)CCC1. The molecule has 1 atom stereocenters. The highest BCUT2D eigenvalue weighted by atomic mass is 16.3. The second kappa shape index (κ2) is 3.36. The van der Waals surface area contributed by atoms with E-state index in [9.17, 15) is 10.4 Å². The van der Waals surface area contributed by atoms with Crippen molar-refractivity contribution in [2.24, 2.45) is 5.41 Å². The molecule has 1 fully saturated rings. The van der Waals surface area contributed by atoms with Gasteiger partial charge in [0.2, 0.25) is 0 Å². The Kier molecular flexibility index (Phi) is 2.28. The van der Waals surface area contributed by atoms with Gasteiger partial charge in [-0.2, -0.15) is 5.26 Å². The van der Waals surface area contributed by atoms with E-state index >= 15 is 0 Å². The van der Waals surface area contributed by atoms with E-state index in [1.54, 1.807) is 6.92 Å². The van der Waals surface area contributed by atoms with Crippen LogP contribution in [0.4, 0.5) is 0 Å². The molecule has 1 N–H and O–H groups in total. The van der Waals surface area contributed by atoms with Gasteiger partial charge in [0, 0.05) is 0 Å². The van der Waals surface area contributed by atoms with Gasteiger partial charge in [-0.3, -0.25) is 0 Å². The van der Waals surface area contributed by atoms with E-state index < -0.39 is 11.0 Å². The van der Waals surface area contributed by atoms with Gasteiger partial charge in [-0.15, -0.1) is 0 Å². The van der Waals surface area contributed by atoms with Gasteiger partial charge in [-0.25, -0.2) is 0 Å². The zero-order valence-corrected chi connectivity index (χ0v) is 8.90. The van der Waals surface area contributed by atoms with Gasteiger partial charge in [0.15, 0.2) is 0 Å². The number of aliphatic hydroxyl groups is 1. The highest BCUT2D eigenvalue weighted by Crippen LogP contribution is 2.53. The Labute approximate surface area is 90.2 Å². The third-order valence-electron chi connectivity index (χ3n) is 3.69. The first-order valence-corrected chi connectivity index (χ1v) is 5.32. The first-order chi connectivity index (χ1) is 7.12. The lowest BCUT2D eigenvalue weighted by molar-refractivity contribution is -0.0858. The van der Waals surface area contributed by atoms with Crippen LogP contribution in [0.5, 0.6) is 0 Å². The molecule has 15 heavy (non-hydrogen) atoms. The molecule has 1 unspecified atom stereocenters. The van der Waals surface area contributed by atoms with Crippen molar-refractivity contribution in [3.8, 4) is 6.07 Å². The fourth-order valence-corrected chi connectivity index (χ4v) is 2.28. The van der Waals surface area contributed by atoms with Gasteiger partial charge in [-0.05, 0) is 25.3 Å². The van der Waals surface area contributed by atoms with E-state index in [-0.39, 0.29) is 0 Å². The summed E-state index contributed by atoms with van der Waals surface area (Å²) in [5, 5.41) is 19.8. The lowest BCUT2D eigenvalue weighted by Crippen LogP contribution is -2.47. The Morgan fingerprint density at radius 1 is 1.33 bits per heavy atom. The Morgan fingerprint density at radius 2 is 1.93 bits per heavy atom. The monoisotopic (exact) mass is 201 g/mol. The fourth-order valence-electron chi connectivity index (χ4n) is 2.28. The largest absolute Gasteiger partial charge is 0.384 e. The second-order valence-electron chi connectivity index (χ2n) is 4.49. The summed E-state index contributed by atoms with van der Waals surface area (Å²) >= 11 is 0. The fraction of sp³-hybridized carbons (Fsp3) is 0.462. The Bertz CT molecular complexity index is 385. The molecular weight excluding hydrogens is 186 g/mol. The quantitative estimate of drug-likeness (QED) is 0.799. The molecule has 1 aliphatic carbocycles. The highest BCUT2D eigenvalue weighted by Gasteiger charge is 2.52. The predicted molar refractivity (Wildman–Crippen MR) is 57.9 cm³/mol. The van der Waals surface area contributed by atoms with Crippen molar-refractivity contribution >= 4 is 0 Å². The normalized spacial score (nSPS) is 22.2. The molecule has 78 valence electrons. The minimum atomic E-state index is -1.03. The molecule has 1 aromatic carbocycles. The molecule has 1 aliphatic rings. The van der Waals surface area contributed by atoms with Crippen LogP contribution in [0.1, 0.15) is 31.7 Å². The van der Waals surface area contributed by atoms with Crippen molar-refractivity contribution in [3.63, 3.8) is 0 Å². The molecule has 1 saturated carbocycles. The van der Waals surface area contributed by atoms with Gasteiger partial charge in [0.25, 0.3) is 0 Å².